The zero-order valence-electron chi connectivity index (χ0n) is 13.1. The fourth-order valence-corrected chi connectivity index (χ4v) is 2.54. The third-order valence-corrected chi connectivity index (χ3v) is 4.02. The van der Waals surface area contributed by atoms with E-state index in [2.05, 4.69) is 46.9 Å². The Bertz CT molecular complexity index is 145. The summed E-state index contributed by atoms with van der Waals surface area (Å²) in [5.41, 5.74) is 0. The Morgan fingerprint density at radius 1 is 0.706 bits per heavy atom. The van der Waals surface area contributed by atoms with Crippen LogP contribution in [0.5, 0.6) is 0 Å². The highest BCUT2D eigenvalue weighted by atomic mass is 14.9. The van der Waals surface area contributed by atoms with Gasteiger partial charge in [0.05, 0.1) is 0 Å². The van der Waals surface area contributed by atoms with Gasteiger partial charge in [-0.05, 0) is 49.6 Å². The van der Waals surface area contributed by atoms with Crippen LogP contribution in [0, 0.1) is 23.7 Å². The molecule has 0 aliphatic carbocycles. The summed E-state index contributed by atoms with van der Waals surface area (Å²) in [7, 11) is 0. The first-order chi connectivity index (χ1) is 8.02. The average Bonchev–Trinajstić information content (AvgIpc) is 2.26. The molecule has 0 saturated carbocycles. The second-order valence-electron chi connectivity index (χ2n) is 6.24. The summed E-state index contributed by atoms with van der Waals surface area (Å²) in [6, 6.07) is 0. The smallest absolute Gasteiger partial charge is 0.00180 e. The van der Waals surface area contributed by atoms with Crippen molar-refractivity contribution in [3.63, 3.8) is 0 Å². The van der Waals surface area contributed by atoms with Crippen molar-refractivity contribution in [3.8, 4) is 0 Å². The number of hydrogen-bond acceptors (Lipinski definition) is 1. The molecule has 0 aliphatic rings. The van der Waals surface area contributed by atoms with Crippen LogP contribution in [-0.4, -0.2) is 13.1 Å². The summed E-state index contributed by atoms with van der Waals surface area (Å²) in [5, 5.41) is 3.72. The van der Waals surface area contributed by atoms with Gasteiger partial charge in [0, 0.05) is 0 Å². The highest BCUT2D eigenvalue weighted by molar-refractivity contribution is 4.70. The number of nitrogens with one attached hydrogen (secondary N) is 1. The molecule has 2 unspecified atom stereocenters. The Hall–Kier alpha value is -0.0400. The van der Waals surface area contributed by atoms with Crippen LogP contribution in [0.4, 0.5) is 0 Å². The molecule has 0 saturated heterocycles. The molecule has 0 aromatic heterocycles. The predicted octanol–water partition coefficient (Wildman–Crippen LogP) is 4.72. The van der Waals surface area contributed by atoms with E-state index < -0.39 is 0 Å². The molecule has 0 aliphatic heterocycles. The summed E-state index contributed by atoms with van der Waals surface area (Å²) >= 11 is 0. The van der Waals surface area contributed by atoms with Crippen molar-refractivity contribution in [2.75, 3.05) is 13.1 Å². The summed E-state index contributed by atoms with van der Waals surface area (Å²) in [5.74, 6) is 3.33. The first kappa shape index (κ1) is 17.0. The van der Waals surface area contributed by atoms with Crippen molar-refractivity contribution in [2.24, 2.45) is 23.7 Å². The Labute approximate surface area is 110 Å². The monoisotopic (exact) mass is 241 g/mol. The topological polar surface area (TPSA) is 12.0 Å². The summed E-state index contributed by atoms with van der Waals surface area (Å²) in [4.78, 5) is 0. The molecule has 0 bridgehead atoms. The van der Waals surface area contributed by atoms with Crippen LogP contribution >= 0.6 is 0 Å². The van der Waals surface area contributed by atoms with Crippen LogP contribution in [-0.2, 0) is 0 Å². The molecule has 1 N–H and O–H groups in total. The highest BCUT2D eigenvalue weighted by Gasteiger charge is 2.15. The standard InChI is InChI=1S/C16H35N/c1-7-9-15(13(3)4)11-17-12-16(10-8-2)14(5)6/h13-17H,7-12H2,1-6H3. The largest absolute Gasteiger partial charge is 0.316 e. The molecule has 104 valence electrons. The van der Waals surface area contributed by atoms with Gasteiger partial charge in [0.1, 0.15) is 0 Å². The van der Waals surface area contributed by atoms with Gasteiger partial charge in [0.2, 0.25) is 0 Å². The molecule has 0 spiro atoms. The fraction of sp³-hybridized carbons (Fsp3) is 1.00. The maximum Gasteiger partial charge on any atom is -0.00180 e. The molecule has 1 nitrogen and oxygen atoms in total. The van der Waals surface area contributed by atoms with Crippen molar-refractivity contribution >= 4 is 0 Å². The minimum absolute atomic E-state index is 0.811. The van der Waals surface area contributed by atoms with E-state index in [0.29, 0.717) is 0 Å². The minimum atomic E-state index is 0.811. The summed E-state index contributed by atoms with van der Waals surface area (Å²) in [6.45, 7) is 16.4. The lowest BCUT2D eigenvalue weighted by atomic mass is 9.89. The molecule has 17 heavy (non-hydrogen) atoms. The Balaban J connectivity index is 3.91. The van der Waals surface area contributed by atoms with E-state index in [9.17, 15) is 0 Å². The van der Waals surface area contributed by atoms with Gasteiger partial charge in [-0.1, -0.05) is 54.4 Å². The van der Waals surface area contributed by atoms with E-state index in [4.69, 9.17) is 0 Å². The van der Waals surface area contributed by atoms with Gasteiger partial charge in [-0.2, -0.15) is 0 Å². The van der Waals surface area contributed by atoms with Crippen LogP contribution in [0.2, 0.25) is 0 Å². The van der Waals surface area contributed by atoms with Crippen LogP contribution < -0.4 is 5.32 Å². The van der Waals surface area contributed by atoms with Crippen molar-refractivity contribution in [1.29, 1.82) is 0 Å². The van der Waals surface area contributed by atoms with Gasteiger partial charge in [0.15, 0.2) is 0 Å². The second kappa shape index (κ2) is 9.94. The Morgan fingerprint density at radius 3 is 1.29 bits per heavy atom. The van der Waals surface area contributed by atoms with Gasteiger partial charge in [-0.15, -0.1) is 0 Å². The van der Waals surface area contributed by atoms with E-state index in [-0.39, 0.29) is 0 Å². The SMILES string of the molecule is CCCC(CNCC(CCC)C(C)C)C(C)C. The second-order valence-corrected chi connectivity index (χ2v) is 6.24. The molecule has 0 amide bonds. The number of rotatable bonds is 10. The maximum absolute atomic E-state index is 3.72. The van der Waals surface area contributed by atoms with Gasteiger partial charge in [-0.3, -0.25) is 0 Å². The zero-order chi connectivity index (χ0) is 13.3. The van der Waals surface area contributed by atoms with Crippen molar-refractivity contribution in [2.45, 2.75) is 67.2 Å². The molecule has 0 aromatic carbocycles. The lowest BCUT2D eigenvalue weighted by molar-refractivity contribution is 0.296. The number of hydrogen-bond donors (Lipinski definition) is 1. The van der Waals surface area contributed by atoms with Gasteiger partial charge in [-0.25, -0.2) is 0 Å². The van der Waals surface area contributed by atoms with Crippen molar-refractivity contribution in [1.82, 2.24) is 5.32 Å². The average molecular weight is 241 g/mol. The third kappa shape index (κ3) is 7.81. The maximum atomic E-state index is 3.72. The van der Waals surface area contributed by atoms with Crippen LogP contribution in [0.15, 0.2) is 0 Å². The first-order valence-corrected chi connectivity index (χ1v) is 7.73. The molecule has 0 rings (SSSR count). The van der Waals surface area contributed by atoms with Crippen molar-refractivity contribution < 1.29 is 0 Å². The minimum Gasteiger partial charge on any atom is -0.316 e. The fourth-order valence-electron chi connectivity index (χ4n) is 2.54. The summed E-state index contributed by atoms with van der Waals surface area (Å²) < 4.78 is 0. The van der Waals surface area contributed by atoms with Crippen LogP contribution in [0.3, 0.4) is 0 Å². The van der Waals surface area contributed by atoms with Gasteiger partial charge >= 0.3 is 0 Å². The normalized spacial score (nSPS) is 15.5. The lowest BCUT2D eigenvalue weighted by Gasteiger charge is -2.25. The molecule has 0 heterocycles. The third-order valence-electron chi connectivity index (χ3n) is 4.02. The van der Waals surface area contributed by atoms with E-state index in [1.165, 1.54) is 38.8 Å². The summed E-state index contributed by atoms with van der Waals surface area (Å²) in [6.07, 6.45) is 5.36. The molecule has 0 radical (unpaired) electrons. The lowest BCUT2D eigenvalue weighted by Crippen LogP contribution is -2.32. The van der Waals surface area contributed by atoms with Crippen LogP contribution in [0.1, 0.15) is 67.2 Å². The van der Waals surface area contributed by atoms with Gasteiger partial charge < -0.3 is 5.32 Å². The van der Waals surface area contributed by atoms with Gasteiger partial charge in [0.25, 0.3) is 0 Å². The van der Waals surface area contributed by atoms with Crippen LogP contribution in [0.25, 0.3) is 0 Å². The van der Waals surface area contributed by atoms with E-state index in [0.717, 1.165) is 23.7 Å². The highest BCUT2D eigenvalue weighted by Crippen LogP contribution is 2.18. The molecule has 1 heteroatoms. The zero-order valence-corrected chi connectivity index (χ0v) is 13.1. The Morgan fingerprint density at radius 2 is 1.06 bits per heavy atom. The first-order valence-electron chi connectivity index (χ1n) is 7.73. The molecular formula is C16H35N. The van der Waals surface area contributed by atoms with E-state index >= 15 is 0 Å². The molecular weight excluding hydrogens is 206 g/mol. The Kier molecular flexibility index (Phi) is 9.91. The quantitative estimate of drug-likeness (QED) is 0.583. The van der Waals surface area contributed by atoms with Crippen molar-refractivity contribution in [3.05, 3.63) is 0 Å². The van der Waals surface area contributed by atoms with E-state index in [1.54, 1.807) is 0 Å². The molecule has 0 fully saturated rings. The molecule has 0 aromatic rings. The van der Waals surface area contributed by atoms with E-state index in [1.807, 2.05) is 0 Å². The predicted molar refractivity (Wildman–Crippen MR) is 79.3 cm³/mol. The molecule has 2 atom stereocenters.